The van der Waals surface area contributed by atoms with Crippen LogP contribution in [0.1, 0.15) is 30.2 Å². The number of pyridine rings is 1. The van der Waals surface area contributed by atoms with Crippen LogP contribution in [-0.2, 0) is 0 Å². The zero-order chi connectivity index (χ0) is 20.2. The molecule has 1 fully saturated rings. The normalized spacial score (nSPS) is 15.2. The number of benzene rings is 1. The molecular formula is C22H27N5O2. The molecule has 0 saturated carbocycles. The van der Waals surface area contributed by atoms with E-state index in [0.29, 0.717) is 25.3 Å². The Bertz CT molecular complexity index is 962. The van der Waals surface area contributed by atoms with Crippen molar-refractivity contribution in [1.29, 1.82) is 0 Å². The van der Waals surface area contributed by atoms with Gasteiger partial charge < -0.3 is 14.2 Å². The Kier molecular flexibility index (Phi) is 5.76. The van der Waals surface area contributed by atoms with Crippen molar-refractivity contribution in [1.82, 2.24) is 24.3 Å². The Morgan fingerprint density at radius 2 is 1.86 bits per heavy atom. The van der Waals surface area contributed by atoms with Crippen LogP contribution in [0.2, 0.25) is 0 Å². The third-order valence-electron chi connectivity index (χ3n) is 5.30. The van der Waals surface area contributed by atoms with E-state index < -0.39 is 0 Å². The number of piperazine rings is 1. The van der Waals surface area contributed by atoms with Crippen LogP contribution in [-0.4, -0.2) is 69.6 Å². The number of imidazole rings is 1. The predicted octanol–water partition coefficient (Wildman–Crippen LogP) is 2.85. The number of hydrogen-bond acceptors (Lipinski definition) is 5. The number of rotatable bonds is 6. The topological polar surface area (TPSA) is 63.5 Å². The summed E-state index contributed by atoms with van der Waals surface area (Å²) in [5.74, 6) is 0.919. The third kappa shape index (κ3) is 4.40. The molecule has 29 heavy (non-hydrogen) atoms. The summed E-state index contributed by atoms with van der Waals surface area (Å²) >= 11 is 0. The largest absolute Gasteiger partial charge is 0.492 e. The summed E-state index contributed by atoms with van der Waals surface area (Å²) in [6.45, 7) is 8.81. The van der Waals surface area contributed by atoms with Gasteiger partial charge in [-0.2, -0.15) is 0 Å². The maximum atomic E-state index is 12.9. The molecule has 2 aromatic heterocycles. The second kappa shape index (κ2) is 8.61. The van der Waals surface area contributed by atoms with E-state index in [4.69, 9.17) is 4.74 Å². The van der Waals surface area contributed by atoms with Gasteiger partial charge in [-0.1, -0.05) is 18.2 Å². The standard InChI is InChI=1S/C22H27N5O2/c1-17(2)27-16-24-20-14-18(15-23-21(20)27)22(28)26-10-8-25(9-11-26)12-13-29-19-6-4-3-5-7-19/h3-7,14-17H,8-13H2,1-2H3. The van der Waals surface area contributed by atoms with Gasteiger partial charge >= 0.3 is 0 Å². The van der Waals surface area contributed by atoms with Gasteiger partial charge in [0.1, 0.15) is 17.9 Å². The number of carbonyl (C=O) groups excluding carboxylic acids is 1. The zero-order valence-electron chi connectivity index (χ0n) is 17.0. The van der Waals surface area contributed by atoms with Crippen molar-refractivity contribution in [3.05, 3.63) is 54.5 Å². The average molecular weight is 393 g/mol. The molecule has 0 unspecified atom stereocenters. The first kappa shape index (κ1) is 19.4. The minimum Gasteiger partial charge on any atom is -0.492 e. The van der Waals surface area contributed by atoms with Crippen LogP contribution in [0.5, 0.6) is 5.75 Å². The molecule has 7 heteroatoms. The number of para-hydroxylation sites is 1. The molecule has 1 aliphatic heterocycles. The summed E-state index contributed by atoms with van der Waals surface area (Å²) < 4.78 is 7.79. The zero-order valence-corrected chi connectivity index (χ0v) is 17.0. The molecule has 1 aromatic carbocycles. The molecule has 1 amide bonds. The van der Waals surface area contributed by atoms with E-state index in [1.165, 1.54) is 0 Å². The second-order valence-electron chi connectivity index (χ2n) is 7.61. The number of aromatic nitrogens is 3. The lowest BCUT2D eigenvalue weighted by Gasteiger charge is -2.34. The Morgan fingerprint density at radius 1 is 1.10 bits per heavy atom. The molecule has 152 valence electrons. The molecule has 0 atom stereocenters. The highest BCUT2D eigenvalue weighted by Gasteiger charge is 2.23. The molecule has 3 heterocycles. The van der Waals surface area contributed by atoms with Gasteiger partial charge in [0.2, 0.25) is 0 Å². The van der Waals surface area contributed by atoms with E-state index in [0.717, 1.165) is 36.5 Å². The fraction of sp³-hybridized carbons (Fsp3) is 0.409. The van der Waals surface area contributed by atoms with Crippen LogP contribution in [0, 0.1) is 0 Å². The van der Waals surface area contributed by atoms with Crippen molar-refractivity contribution in [3.8, 4) is 5.75 Å². The quantitative estimate of drug-likeness (QED) is 0.644. The molecule has 4 rings (SSSR count). The van der Waals surface area contributed by atoms with E-state index in [1.54, 1.807) is 12.5 Å². The molecule has 1 saturated heterocycles. The first-order chi connectivity index (χ1) is 14.1. The Hall–Kier alpha value is -2.93. The molecule has 0 bridgehead atoms. The van der Waals surface area contributed by atoms with Gasteiger partial charge in [0.05, 0.1) is 11.9 Å². The monoisotopic (exact) mass is 393 g/mol. The minimum atomic E-state index is 0.0266. The Balaban J connectivity index is 1.30. The Morgan fingerprint density at radius 3 is 2.59 bits per heavy atom. The highest BCUT2D eigenvalue weighted by Crippen LogP contribution is 2.18. The van der Waals surface area contributed by atoms with E-state index in [-0.39, 0.29) is 11.9 Å². The lowest BCUT2D eigenvalue weighted by Crippen LogP contribution is -2.49. The molecule has 0 radical (unpaired) electrons. The fourth-order valence-electron chi connectivity index (χ4n) is 3.58. The van der Waals surface area contributed by atoms with Gasteiger partial charge in [-0.25, -0.2) is 9.97 Å². The number of carbonyl (C=O) groups is 1. The van der Waals surface area contributed by atoms with Crippen LogP contribution in [0.25, 0.3) is 11.2 Å². The summed E-state index contributed by atoms with van der Waals surface area (Å²) in [5.41, 5.74) is 2.19. The van der Waals surface area contributed by atoms with Crippen LogP contribution in [0.15, 0.2) is 48.9 Å². The Labute approximate surface area is 170 Å². The highest BCUT2D eigenvalue weighted by molar-refractivity contribution is 5.96. The van der Waals surface area contributed by atoms with Crippen molar-refractivity contribution in [2.24, 2.45) is 0 Å². The number of hydrogen-bond donors (Lipinski definition) is 0. The van der Waals surface area contributed by atoms with E-state index in [1.807, 2.05) is 45.9 Å². The van der Waals surface area contributed by atoms with E-state index in [9.17, 15) is 4.79 Å². The van der Waals surface area contributed by atoms with Crippen LogP contribution < -0.4 is 4.74 Å². The van der Waals surface area contributed by atoms with Crippen LogP contribution >= 0.6 is 0 Å². The van der Waals surface area contributed by atoms with Gasteiger partial charge in [-0.15, -0.1) is 0 Å². The van der Waals surface area contributed by atoms with Gasteiger partial charge in [0, 0.05) is 45.0 Å². The second-order valence-corrected chi connectivity index (χ2v) is 7.61. The maximum absolute atomic E-state index is 12.9. The summed E-state index contributed by atoms with van der Waals surface area (Å²) in [5, 5.41) is 0. The molecule has 0 N–H and O–H groups in total. The van der Waals surface area contributed by atoms with Gasteiger partial charge in [0.15, 0.2) is 5.65 Å². The fourth-order valence-corrected chi connectivity index (χ4v) is 3.58. The lowest BCUT2D eigenvalue weighted by atomic mass is 10.2. The molecule has 7 nitrogen and oxygen atoms in total. The predicted molar refractivity (Wildman–Crippen MR) is 112 cm³/mol. The molecule has 3 aromatic rings. The highest BCUT2D eigenvalue weighted by atomic mass is 16.5. The first-order valence-electron chi connectivity index (χ1n) is 10.1. The smallest absolute Gasteiger partial charge is 0.255 e. The lowest BCUT2D eigenvalue weighted by molar-refractivity contribution is 0.0620. The number of ether oxygens (including phenoxy) is 1. The first-order valence-corrected chi connectivity index (χ1v) is 10.1. The number of nitrogens with zero attached hydrogens (tertiary/aromatic N) is 5. The van der Waals surface area contributed by atoms with Crippen LogP contribution in [0.4, 0.5) is 0 Å². The summed E-state index contributed by atoms with van der Waals surface area (Å²) in [6, 6.07) is 12.0. The van der Waals surface area contributed by atoms with Crippen LogP contribution in [0.3, 0.4) is 0 Å². The maximum Gasteiger partial charge on any atom is 0.255 e. The van der Waals surface area contributed by atoms with E-state index >= 15 is 0 Å². The minimum absolute atomic E-state index is 0.0266. The molecule has 0 aliphatic carbocycles. The summed E-state index contributed by atoms with van der Waals surface area (Å²) in [7, 11) is 0. The SMILES string of the molecule is CC(C)n1cnc2cc(C(=O)N3CCN(CCOc4ccccc4)CC3)cnc21. The number of amides is 1. The van der Waals surface area contributed by atoms with Crippen molar-refractivity contribution in [2.45, 2.75) is 19.9 Å². The average Bonchev–Trinajstić information content (AvgIpc) is 3.18. The number of fused-ring (bicyclic) bond motifs is 1. The van der Waals surface area contributed by atoms with Crippen molar-refractivity contribution in [2.75, 3.05) is 39.3 Å². The van der Waals surface area contributed by atoms with Gasteiger partial charge in [-0.3, -0.25) is 9.69 Å². The van der Waals surface area contributed by atoms with Crippen molar-refractivity contribution < 1.29 is 9.53 Å². The third-order valence-corrected chi connectivity index (χ3v) is 5.30. The van der Waals surface area contributed by atoms with Gasteiger partial charge in [-0.05, 0) is 32.0 Å². The summed E-state index contributed by atoms with van der Waals surface area (Å²) in [6.07, 6.45) is 3.46. The molecule has 0 spiro atoms. The van der Waals surface area contributed by atoms with E-state index in [2.05, 4.69) is 28.7 Å². The van der Waals surface area contributed by atoms with Crippen molar-refractivity contribution in [3.63, 3.8) is 0 Å². The molecule has 1 aliphatic rings. The summed E-state index contributed by atoms with van der Waals surface area (Å²) in [4.78, 5) is 26.0. The molecular weight excluding hydrogens is 366 g/mol. The van der Waals surface area contributed by atoms with Crippen molar-refractivity contribution >= 4 is 17.1 Å². The van der Waals surface area contributed by atoms with Gasteiger partial charge in [0.25, 0.3) is 5.91 Å².